The predicted molar refractivity (Wildman–Crippen MR) is 71.9 cm³/mol. The molecule has 0 spiro atoms. The summed E-state index contributed by atoms with van der Waals surface area (Å²) in [4.78, 5) is 25.9. The Hall–Kier alpha value is -2.41. The molecule has 2 N–H and O–H groups in total. The number of hydrogen-bond acceptors (Lipinski definition) is 4. The summed E-state index contributed by atoms with van der Waals surface area (Å²) in [6, 6.07) is 4.99. The number of amides is 1. The van der Waals surface area contributed by atoms with Crippen molar-refractivity contribution in [1.82, 2.24) is 14.8 Å². The molecule has 1 aromatic carbocycles. The third kappa shape index (κ3) is 3.33. The van der Waals surface area contributed by atoms with Gasteiger partial charge in [-0.25, -0.2) is 9.67 Å². The number of hydrogen-bond donors (Lipinski definition) is 2. The van der Waals surface area contributed by atoms with Crippen molar-refractivity contribution in [2.24, 2.45) is 0 Å². The van der Waals surface area contributed by atoms with Crippen molar-refractivity contribution >= 4 is 29.2 Å². The van der Waals surface area contributed by atoms with Gasteiger partial charge in [0.1, 0.15) is 18.3 Å². The van der Waals surface area contributed by atoms with Crippen molar-refractivity contribution in [1.29, 1.82) is 0 Å². The van der Waals surface area contributed by atoms with E-state index in [1.54, 1.807) is 18.2 Å². The number of anilines is 1. The smallest absolute Gasteiger partial charge is 0.303 e. The molecule has 2 aromatic rings. The van der Waals surface area contributed by atoms with Gasteiger partial charge in [-0.1, -0.05) is 17.7 Å². The molecule has 0 aliphatic rings. The highest BCUT2D eigenvalue weighted by Crippen LogP contribution is 2.27. The van der Waals surface area contributed by atoms with Crippen LogP contribution in [-0.2, 0) is 9.59 Å². The van der Waals surface area contributed by atoms with Crippen molar-refractivity contribution < 1.29 is 14.7 Å². The highest BCUT2D eigenvalue weighted by Gasteiger charge is 2.13. The molecule has 104 valence electrons. The van der Waals surface area contributed by atoms with E-state index < -0.39 is 11.9 Å². The van der Waals surface area contributed by atoms with Gasteiger partial charge in [-0.3, -0.25) is 9.59 Å². The Kier molecular flexibility index (Phi) is 4.31. The number of nitrogens with one attached hydrogen (secondary N) is 1. The summed E-state index contributed by atoms with van der Waals surface area (Å²) in [5.74, 6) is -1.43. The van der Waals surface area contributed by atoms with Gasteiger partial charge >= 0.3 is 5.97 Å². The Morgan fingerprint density at radius 3 is 2.80 bits per heavy atom. The summed E-state index contributed by atoms with van der Waals surface area (Å²) in [6.07, 6.45) is 2.46. The molecule has 0 bridgehead atoms. The zero-order valence-electron chi connectivity index (χ0n) is 10.3. The van der Waals surface area contributed by atoms with Crippen molar-refractivity contribution in [2.45, 2.75) is 12.8 Å². The average molecular weight is 295 g/mol. The molecule has 1 amide bonds. The normalized spacial score (nSPS) is 10.2. The number of carboxylic acids is 1. The minimum absolute atomic E-state index is 0.112. The SMILES string of the molecule is O=C(O)CCC(=O)Nc1cccc(Cl)c1-n1cncn1. The van der Waals surface area contributed by atoms with Gasteiger partial charge in [0, 0.05) is 6.42 Å². The first kappa shape index (κ1) is 14.0. The van der Waals surface area contributed by atoms with E-state index in [0.29, 0.717) is 16.4 Å². The van der Waals surface area contributed by atoms with Crippen LogP contribution in [0.15, 0.2) is 30.9 Å². The first-order chi connectivity index (χ1) is 9.58. The maximum atomic E-state index is 11.7. The maximum absolute atomic E-state index is 11.7. The Morgan fingerprint density at radius 2 is 2.15 bits per heavy atom. The Bertz CT molecular complexity index is 628. The van der Waals surface area contributed by atoms with Crippen LogP contribution in [0.5, 0.6) is 0 Å². The minimum Gasteiger partial charge on any atom is -0.481 e. The lowest BCUT2D eigenvalue weighted by molar-refractivity contribution is -0.138. The fraction of sp³-hybridized carbons (Fsp3) is 0.167. The van der Waals surface area contributed by atoms with E-state index >= 15 is 0 Å². The van der Waals surface area contributed by atoms with Gasteiger partial charge in [0.05, 0.1) is 17.1 Å². The lowest BCUT2D eigenvalue weighted by atomic mass is 10.2. The molecule has 0 unspecified atom stereocenters. The number of rotatable bonds is 5. The van der Waals surface area contributed by atoms with E-state index in [2.05, 4.69) is 15.4 Å². The summed E-state index contributed by atoms with van der Waals surface area (Å²) >= 11 is 6.10. The van der Waals surface area contributed by atoms with E-state index in [0.717, 1.165) is 0 Å². The second-order valence-corrected chi connectivity index (χ2v) is 4.33. The molecule has 7 nitrogen and oxygen atoms in total. The predicted octanol–water partition coefficient (Wildman–Crippen LogP) is 1.72. The van der Waals surface area contributed by atoms with Crippen LogP contribution in [0.3, 0.4) is 0 Å². The average Bonchev–Trinajstić information content (AvgIpc) is 2.90. The molecular formula is C12H11ClN4O3. The van der Waals surface area contributed by atoms with Crippen LogP contribution in [-0.4, -0.2) is 31.7 Å². The first-order valence-electron chi connectivity index (χ1n) is 5.73. The van der Waals surface area contributed by atoms with Crippen LogP contribution in [0.2, 0.25) is 5.02 Å². The molecule has 0 radical (unpaired) electrons. The molecule has 0 saturated heterocycles. The number of aromatic nitrogens is 3. The number of halogens is 1. The third-order valence-corrected chi connectivity index (χ3v) is 2.78. The molecule has 1 heterocycles. The second-order valence-electron chi connectivity index (χ2n) is 3.92. The Labute approximate surface area is 119 Å². The number of carbonyl (C=O) groups is 2. The molecule has 20 heavy (non-hydrogen) atoms. The van der Waals surface area contributed by atoms with Gasteiger partial charge in [0.15, 0.2) is 0 Å². The van der Waals surface area contributed by atoms with Crippen molar-refractivity contribution in [3.8, 4) is 5.69 Å². The number of carboxylic acid groups (broad SMARTS) is 1. The number of nitrogens with zero attached hydrogens (tertiary/aromatic N) is 3. The van der Waals surface area contributed by atoms with Crippen molar-refractivity contribution in [3.63, 3.8) is 0 Å². The number of carbonyl (C=O) groups excluding carboxylic acids is 1. The lowest BCUT2D eigenvalue weighted by Gasteiger charge is -2.11. The van der Waals surface area contributed by atoms with Gasteiger partial charge in [-0.05, 0) is 12.1 Å². The topological polar surface area (TPSA) is 97.1 Å². The molecule has 0 fully saturated rings. The van der Waals surface area contributed by atoms with Crippen LogP contribution < -0.4 is 5.32 Å². The zero-order valence-corrected chi connectivity index (χ0v) is 11.0. The quantitative estimate of drug-likeness (QED) is 0.875. The van der Waals surface area contributed by atoms with Crippen LogP contribution in [0, 0.1) is 0 Å². The molecule has 8 heteroatoms. The van der Waals surface area contributed by atoms with Crippen LogP contribution in [0.1, 0.15) is 12.8 Å². The van der Waals surface area contributed by atoms with Crippen molar-refractivity contribution in [2.75, 3.05) is 5.32 Å². The fourth-order valence-corrected chi connectivity index (χ4v) is 1.87. The number of aliphatic carboxylic acids is 1. The molecule has 0 aliphatic heterocycles. The Balaban J connectivity index is 2.22. The van der Waals surface area contributed by atoms with Gasteiger partial charge in [-0.2, -0.15) is 5.10 Å². The third-order valence-electron chi connectivity index (χ3n) is 2.47. The molecule has 0 atom stereocenters. The van der Waals surface area contributed by atoms with E-state index in [-0.39, 0.29) is 12.8 Å². The van der Waals surface area contributed by atoms with E-state index in [1.807, 2.05) is 0 Å². The number of para-hydroxylation sites is 1. The largest absolute Gasteiger partial charge is 0.481 e. The maximum Gasteiger partial charge on any atom is 0.303 e. The van der Waals surface area contributed by atoms with E-state index in [9.17, 15) is 9.59 Å². The minimum atomic E-state index is -1.03. The highest BCUT2D eigenvalue weighted by atomic mass is 35.5. The summed E-state index contributed by atoms with van der Waals surface area (Å²) in [5.41, 5.74) is 0.925. The summed E-state index contributed by atoms with van der Waals surface area (Å²) in [7, 11) is 0. The monoisotopic (exact) mass is 294 g/mol. The Morgan fingerprint density at radius 1 is 1.35 bits per heavy atom. The first-order valence-corrected chi connectivity index (χ1v) is 6.11. The van der Waals surface area contributed by atoms with Crippen LogP contribution in [0.4, 0.5) is 5.69 Å². The molecule has 1 aromatic heterocycles. The highest BCUT2D eigenvalue weighted by molar-refractivity contribution is 6.33. The summed E-state index contributed by atoms with van der Waals surface area (Å²) in [5, 5.41) is 15.5. The molecule has 0 saturated carbocycles. The van der Waals surface area contributed by atoms with Gasteiger partial charge in [0.2, 0.25) is 5.91 Å². The van der Waals surface area contributed by atoms with Gasteiger partial charge < -0.3 is 10.4 Å². The standard InChI is InChI=1S/C12H11ClN4O3/c13-8-2-1-3-9(12(8)17-7-14-6-15-17)16-10(18)4-5-11(19)20/h1-3,6-7H,4-5H2,(H,16,18)(H,19,20). The zero-order chi connectivity index (χ0) is 14.5. The van der Waals surface area contributed by atoms with Gasteiger partial charge in [0.25, 0.3) is 0 Å². The fourth-order valence-electron chi connectivity index (χ4n) is 1.61. The molecule has 0 aliphatic carbocycles. The van der Waals surface area contributed by atoms with E-state index in [1.165, 1.54) is 17.3 Å². The summed E-state index contributed by atoms with van der Waals surface area (Å²) in [6.45, 7) is 0. The van der Waals surface area contributed by atoms with E-state index in [4.69, 9.17) is 16.7 Å². The molecule has 2 rings (SSSR count). The summed E-state index contributed by atoms with van der Waals surface area (Å²) < 4.78 is 1.43. The molecular weight excluding hydrogens is 284 g/mol. The lowest BCUT2D eigenvalue weighted by Crippen LogP contribution is -2.15. The van der Waals surface area contributed by atoms with Crippen molar-refractivity contribution in [3.05, 3.63) is 35.9 Å². The number of benzene rings is 1. The second kappa shape index (κ2) is 6.16. The van der Waals surface area contributed by atoms with Gasteiger partial charge in [-0.15, -0.1) is 0 Å². The van der Waals surface area contributed by atoms with Crippen LogP contribution in [0.25, 0.3) is 5.69 Å². The van der Waals surface area contributed by atoms with Crippen LogP contribution >= 0.6 is 11.6 Å².